The number of aryl methyl sites for hydroxylation is 1. The van der Waals surface area contributed by atoms with Crippen molar-refractivity contribution in [1.29, 1.82) is 0 Å². The maximum atomic E-state index is 12.0. The lowest BCUT2D eigenvalue weighted by atomic mass is 10.1. The van der Waals surface area contributed by atoms with Crippen molar-refractivity contribution in [3.05, 3.63) is 23.0 Å². The summed E-state index contributed by atoms with van der Waals surface area (Å²) in [6, 6.07) is 1.95. The normalized spacial score (nSPS) is 16.6. The quantitative estimate of drug-likeness (QED) is 0.751. The van der Waals surface area contributed by atoms with Gasteiger partial charge in [-0.3, -0.25) is 4.79 Å². The van der Waals surface area contributed by atoms with Crippen molar-refractivity contribution in [2.24, 2.45) is 7.05 Å². The zero-order valence-corrected chi connectivity index (χ0v) is 11.0. The third-order valence-corrected chi connectivity index (χ3v) is 3.83. The Morgan fingerprint density at radius 1 is 1.41 bits per heavy atom. The molecule has 0 radical (unpaired) electrons. The molecule has 0 spiro atoms. The molecule has 3 nitrogen and oxygen atoms in total. The van der Waals surface area contributed by atoms with E-state index >= 15 is 0 Å². The van der Waals surface area contributed by atoms with Crippen LogP contribution in [0.4, 0.5) is 0 Å². The van der Waals surface area contributed by atoms with Gasteiger partial charge >= 0.3 is 0 Å². The molecule has 0 atom stereocenters. The van der Waals surface area contributed by atoms with Gasteiger partial charge in [-0.15, -0.1) is 0 Å². The molecule has 0 amide bonds. The van der Waals surface area contributed by atoms with Crippen molar-refractivity contribution in [3.63, 3.8) is 0 Å². The van der Waals surface area contributed by atoms with Gasteiger partial charge in [0.1, 0.15) is 6.61 Å². The van der Waals surface area contributed by atoms with E-state index in [0.717, 1.165) is 29.8 Å². The van der Waals surface area contributed by atoms with Gasteiger partial charge in [-0.25, -0.2) is 0 Å². The van der Waals surface area contributed by atoms with Gasteiger partial charge < -0.3 is 9.30 Å². The molecule has 1 aliphatic carbocycles. The number of ketones is 1. The summed E-state index contributed by atoms with van der Waals surface area (Å²) in [5.74, 6) is 0.109. The molecule has 17 heavy (non-hydrogen) atoms. The molecule has 0 bridgehead atoms. The highest BCUT2D eigenvalue weighted by Gasteiger charge is 2.19. The van der Waals surface area contributed by atoms with Gasteiger partial charge in [0.25, 0.3) is 0 Å². The molecule has 1 aromatic rings. The summed E-state index contributed by atoms with van der Waals surface area (Å²) >= 11 is 0. The van der Waals surface area contributed by atoms with E-state index in [1.54, 1.807) is 0 Å². The van der Waals surface area contributed by atoms with E-state index in [1.807, 2.05) is 31.5 Å². The van der Waals surface area contributed by atoms with Crippen molar-refractivity contribution < 1.29 is 9.53 Å². The van der Waals surface area contributed by atoms with Crippen LogP contribution in [0.3, 0.4) is 0 Å². The Morgan fingerprint density at radius 3 is 2.59 bits per heavy atom. The summed E-state index contributed by atoms with van der Waals surface area (Å²) in [4.78, 5) is 12.0. The molecule has 2 rings (SSSR count). The van der Waals surface area contributed by atoms with Gasteiger partial charge in [0, 0.05) is 24.0 Å². The molecule has 1 saturated carbocycles. The molecule has 0 saturated heterocycles. The lowest BCUT2D eigenvalue weighted by Gasteiger charge is -2.10. The number of hydrogen-bond acceptors (Lipinski definition) is 2. The van der Waals surface area contributed by atoms with Crippen LogP contribution in [0.5, 0.6) is 0 Å². The molecular formula is C14H21NO2. The Kier molecular flexibility index (Phi) is 3.67. The van der Waals surface area contributed by atoms with E-state index in [-0.39, 0.29) is 12.4 Å². The van der Waals surface area contributed by atoms with Crippen molar-refractivity contribution in [2.45, 2.75) is 45.6 Å². The fourth-order valence-corrected chi connectivity index (χ4v) is 2.46. The van der Waals surface area contributed by atoms with Crippen LogP contribution < -0.4 is 0 Å². The summed E-state index contributed by atoms with van der Waals surface area (Å²) in [5.41, 5.74) is 2.96. The van der Waals surface area contributed by atoms with Gasteiger partial charge in [0.05, 0.1) is 6.10 Å². The molecule has 1 fully saturated rings. The van der Waals surface area contributed by atoms with E-state index < -0.39 is 0 Å². The second-order valence-corrected chi connectivity index (χ2v) is 4.98. The highest BCUT2D eigenvalue weighted by atomic mass is 16.5. The zero-order valence-electron chi connectivity index (χ0n) is 11.0. The van der Waals surface area contributed by atoms with Gasteiger partial charge in [0.2, 0.25) is 0 Å². The minimum atomic E-state index is 0.109. The largest absolute Gasteiger partial charge is 0.370 e. The number of carbonyl (C=O) groups is 1. The minimum Gasteiger partial charge on any atom is -0.370 e. The molecule has 0 aromatic carbocycles. The summed E-state index contributed by atoms with van der Waals surface area (Å²) < 4.78 is 7.71. The van der Waals surface area contributed by atoms with Crippen molar-refractivity contribution >= 4 is 5.78 Å². The predicted octanol–water partition coefficient (Wildman–Crippen LogP) is 2.78. The first kappa shape index (κ1) is 12.4. The molecule has 94 valence electrons. The van der Waals surface area contributed by atoms with Crippen LogP contribution in [0.2, 0.25) is 0 Å². The average molecular weight is 235 g/mol. The van der Waals surface area contributed by atoms with E-state index in [4.69, 9.17) is 4.74 Å². The fraction of sp³-hybridized carbons (Fsp3) is 0.643. The monoisotopic (exact) mass is 235 g/mol. The van der Waals surface area contributed by atoms with Crippen LogP contribution in [0, 0.1) is 13.8 Å². The molecule has 0 N–H and O–H groups in total. The summed E-state index contributed by atoms with van der Waals surface area (Å²) in [6.07, 6.45) is 5.01. The van der Waals surface area contributed by atoms with E-state index in [9.17, 15) is 4.79 Å². The van der Waals surface area contributed by atoms with E-state index in [1.165, 1.54) is 12.8 Å². The smallest absolute Gasteiger partial charge is 0.190 e. The standard InChI is InChI=1S/C14H21NO2/c1-10-8-13(11(2)15(10)3)14(16)9-17-12-6-4-5-7-12/h8,12H,4-7,9H2,1-3H3. The lowest BCUT2D eigenvalue weighted by molar-refractivity contribution is 0.0482. The number of nitrogens with zero attached hydrogens (tertiary/aromatic N) is 1. The summed E-state index contributed by atoms with van der Waals surface area (Å²) in [6.45, 7) is 4.23. The number of hydrogen-bond donors (Lipinski definition) is 0. The van der Waals surface area contributed by atoms with Crippen LogP contribution in [-0.2, 0) is 11.8 Å². The zero-order chi connectivity index (χ0) is 12.4. The fourth-order valence-electron chi connectivity index (χ4n) is 2.46. The highest BCUT2D eigenvalue weighted by molar-refractivity contribution is 5.98. The van der Waals surface area contributed by atoms with Crippen LogP contribution in [0.25, 0.3) is 0 Å². The topological polar surface area (TPSA) is 31.2 Å². The molecule has 1 aromatic heterocycles. The Labute approximate surface area is 103 Å². The van der Waals surface area contributed by atoms with E-state index in [0.29, 0.717) is 6.10 Å². The van der Waals surface area contributed by atoms with Gasteiger partial charge in [-0.05, 0) is 32.8 Å². The first-order valence-electron chi connectivity index (χ1n) is 6.37. The van der Waals surface area contributed by atoms with Gasteiger partial charge in [-0.2, -0.15) is 0 Å². The van der Waals surface area contributed by atoms with Crippen molar-refractivity contribution in [1.82, 2.24) is 4.57 Å². The first-order valence-corrected chi connectivity index (χ1v) is 6.37. The number of aromatic nitrogens is 1. The van der Waals surface area contributed by atoms with Gasteiger partial charge in [0.15, 0.2) is 5.78 Å². The maximum absolute atomic E-state index is 12.0. The molecule has 1 aliphatic rings. The third kappa shape index (κ3) is 2.60. The van der Waals surface area contributed by atoms with Crippen LogP contribution in [0.15, 0.2) is 6.07 Å². The second-order valence-electron chi connectivity index (χ2n) is 4.98. The van der Waals surface area contributed by atoms with Crippen LogP contribution >= 0.6 is 0 Å². The number of carbonyl (C=O) groups excluding carboxylic acids is 1. The molecule has 0 unspecified atom stereocenters. The summed E-state index contributed by atoms with van der Waals surface area (Å²) in [5, 5.41) is 0. The minimum absolute atomic E-state index is 0.109. The Bertz CT molecular complexity index is 414. The average Bonchev–Trinajstić information content (AvgIpc) is 2.91. The SMILES string of the molecule is Cc1cc(C(=O)COC2CCCC2)c(C)n1C. The second kappa shape index (κ2) is 5.05. The predicted molar refractivity (Wildman–Crippen MR) is 67.4 cm³/mol. The van der Waals surface area contributed by atoms with Crippen molar-refractivity contribution in [2.75, 3.05) is 6.61 Å². The molecule has 0 aliphatic heterocycles. The Hall–Kier alpha value is -1.09. The van der Waals surface area contributed by atoms with E-state index in [2.05, 4.69) is 0 Å². The van der Waals surface area contributed by atoms with Crippen LogP contribution in [-0.4, -0.2) is 23.1 Å². The summed E-state index contributed by atoms with van der Waals surface area (Å²) in [7, 11) is 1.99. The number of ether oxygens (including phenoxy) is 1. The molecule has 1 heterocycles. The number of Topliss-reactive ketones (excluding diaryl/α,β-unsaturated/α-hetero) is 1. The number of rotatable bonds is 4. The maximum Gasteiger partial charge on any atom is 0.190 e. The Balaban J connectivity index is 1.96. The van der Waals surface area contributed by atoms with Gasteiger partial charge in [-0.1, -0.05) is 12.8 Å². The Morgan fingerprint density at radius 2 is 2.06 bits per heavy atom. The van der Waals surface area contributed by atoms with Crippen LogP contribution in [0.1, 0.15) is 47.4 Å². The third-order valence-electron chi connectivity index (χ3n) is 3.83. The highest BCUT2D eigenvalue weighted by Crippen LogP contribution is 2.21. The lowest BCUT2D eigenvalue weighted by Crippen LogP contribution is -2.16. The molecular weight excluding hydrogens is 214 g/mol. The van der Waals surface area contributed by atoms with Crippen molar-refractivity contribution in [3.8, 4) is 0 Å². The molecule has 3 heteroatoms. The first-order chi connectivity index (χ1) is 8.09.